The molecule has 0 bridgehead atoms. The van der Waals surface area contributed by atoms with E-state index >= 15 is 0 Å². The second-order valence-corrected chi connectivity index (χ2v) is 12.9. The molecule has 1 heterocycles. The standard InChI is InChI=1S/C35H40N4O4S/c1-23(40)39(30(33(36)42)22-44-32-19-18-25-14-9-11-17-28(25)37-32)29(20-24-12-6-5-7-13-24)31(41)21-26-15-8-10-16-27(26)34(43)38-35(2,3)4/h5-19,29-31,41H,20-22H2,1-4H3,(H2,36,42)(H,38,43)/t29-,30+,31+/m0/s1. The molecule has 8 nitrogen and oxygen atoms in total. The van der Waals surface area contributed by atoms with E-state index in [-0.39, 0.29) is 30.4 Å². The van der Waals surface area contributed by atoms with Crippen molar-refractivity contribution in [2.45, 2.75) is 69.3 Å². The van der Waals surface area contributed by atoms with Crippen molar-refractivity contribution >= 4 is 40.4 Å². The summed E-state index contributed by atoms with van der Waals surface area (Å²) in [7, 11) is 0. The molecule has 0 aliphatic rings. The van der Waals surface area contributed by atoms with Gasteiger partial charge in [0, 0.05) is 35.6 Å². The summed E-state index contributed by atoms with van der Waals surface area (Å²) in [6.45, 7) is 7.08. The zero-order valence-corrected chi connectivity index (χ0v) is 26.4. The van der Waals surface area contributed by atoms with E-state index in [1.54, 1.807) is 18.2 Å². The number of pyridine rings is 1. The predicted molar refractivity (Wildman–Crippen MR) is 175 cm³/mol. The van der Waals surface area contributed by atoms with Crippen LogP contribution in [0.2, 0.25) is 0 Å². The van der Waals surface area contributed by atoms with Crippen molar-refractivity contribution in [1.82, 2.24) is 15.2 Å². The van der Waals surface area contributed by atoms with Gasteiger partial charge in [0.05, 0.1) is 22.7 Å². The third-order valence-electron chi connectivity index (χ3n) is 7.26. The SMILES string of the molecule is CC(=O)N([C@H](CSc1ccc2ccccc2n1)C(N)=O)[C@@H](Cc1ccccc1)[C@H](O)Cc1ccccc1C(=O)NC(C)(C)C. The van der Waals surface area contributed by atoms with Gasteiger partial charge in [-0.25, -0.2) is 4.98 Å². The van der Waals surface area contributed by atoms with E-state index in [1.165, 1.54) is 23.6 Å². The van der Waals surface area contributed by atoms with E-state index in [9.17, 15) is 19.5 Å². The molecule has 4 rings (SSSR count). The van der Waals surface area contributed by atoms with Gasteiger partial charge in [0.2, 0.25) is 11.8 Å². The third-order valence-corrected chi connectivity index (χ3v) is 8.26. The summed E-state index contributed by atoms with van der Waals surface area (Å²) in [5.41, 5.74) is 8.27. The number of benzene rings is 3. The highest BCUT2D eigenvalue weighted by atomic mass is 32.2. The number of carbonyl (C=O) groups excluding carboxylic acids is 3. The number of para-hydroxylation sites is 1. The van der Waals surface area contributed by atoms with E-state index in [1.807, 2.05) is 93.6 Å². The maximum Gasteiger partial charge on any atom is 0.251 e. The first kappa shape index (κ1) is 32.7. The van der Waals surface area contributed by atoms with Crippen molar-refractivity contribution in [2.75, 3.05) is 5.75 Å². The lowest BCUT2D eigenvalue weighted by Crippen LogP contribution is -2.58. The highest BCUT2D eigenvalue weighted by Crippen LogP contribution is 2.26. The van der Waals surface area contributed by atoms with Crippen LogP contribution in [0.15, 0.2) is 96.0 Å². The number of nitrogens with two attached hydrogens (primary N) is 1. The molecule has 0 fully saturated rings. The molecule has 0 radical (unpaired) electrons. The van der Waals surface area contributed by atoms with Gasteiger partial charge in [-0.3, -0.25) is 14.4 Å². The van der Waals surface area contributed by atoms with Crippen LogP contribution in [-0.4, -0.2) is 62.2 Å². The van der Waals surface area contributed by atoms with E-state index in [0.29, 0.717) is 16.2 Å². The predicted octanol–water partition coefficient (Wildman–Crippen LogP) is 4.77. The van der Waals surface area contributed by atoms with Crippen molar-refractivity contribution in [2.24, 2.45) is 5.73 Å². The second-order valence-electron chi connectivity index (χ2n) is 11.9. The number of nitrogens with one attached hydrogen (secondary N) is 1. The van der Waals surface area contributed by atoms with Gasteiger partial charge in [0.1, 0.15) is 6.04 Å². The van der Waals surface area contributed by atoms with Crippen LogP contribution in [0.3, 0.4) is 0 Å². The maximum absolute atomic E-state index is 13.3. The minimum Gasteiger partial charge on any atom is -0.391 e. The molecule has 3 aromatic carbocycles. The van der Waals surface area contributed by atoms with Gasteiger partial charge in [-0.2, -0.15) is 0 Å². The Morgan fingerprint density at radius 2 is 1.57 bits per heavy atom. The Balaban J connectivity index is 1.66. The molecule has 44 heavy (non-hydrogen) atoms. The molecule has 0 saturated heterocycles. The van der Waals surface area contributed by atoms with Gasteiger partial charge in [0.15, 0.2) is 0 Å². The number of hydrogen-bond acceptors (Lipinski definition) is 6. The summed E-state index contributed by atoms with van der Waals surface area (Å²) in [5, 5.41) is 16.5. The average molecular weight is 613 g/mol. The molecular weight excluding hydrogens is 572 g/mol. The molecule has 4 aromatic rings. The van der Waals surface area contributed by atoms with Gasteiger partial charge >= 0.3 is 0 Å². The monoisotopic (exact) mass is 612 g/mol. The maximum atomic E-state index is 13.3. The van der Waals surface area contributed by atoms with E-state index in [0.717, 1.165) is 16.5 Å². The number of fused-ring (bicyclic) bond motifs is 1. The molecule has 3 atom stereocenters. The van der Waals surface area contributed by atoms with Gasteiger partial charge in [0.25, 0.3) is 5.91 Å². The molecule has 0 unspecified atom stereocenters. The molecule has 230 valence electrons. The Kier molecular flexibility index (Phi) is 10.8. The summed E-state index contributed by atoms with van der Waals surface area (Å²) in [6.07, 6.45) is -0.756. The van der Waals surface area contributed by atoms with Crippen LogP contribution >= 0.6 is 11.8 Å². The minimum atomic E-state index is -1.12. The first-order chi connectivity index (χ1) is 20.9. The molecule has 0 aliphatic heterocycles. The van der Waals surface area contributed by atoms with Gasteiger partial charge in [-0.15, -0.1) is 11.8 Å². The Morgan fingerprint density at radius 3 is 2.25 bits per heavy atom. The van der Waals surface area contributed by atoms with Gasteiger partial charge in [-0.05, 0) is 56.5 Å². The Morgan fingerprint density at radius 1 is 0.909 bits per heavy atom. The lowest BCUT2D eigenvalue weighted by Gasteiger charge is -2.39. The number of carbonyl (C=O) groups is 3. The van der Waals surface area contributed by atoms with Gasteiger partial charge in [-0.1, -0.05) is 72.8 Å². The fourth-order valence-corrected chi connectivity index (χ4v) is 6.22. The quantitative estimate of drug-likeness (QED) is 0.198. The Hall–Kier alpha value is -4.21. The highest BCUT2D eigenvalue weighted by molar-refractivity contribution is 7.99. The number of aromatic nitrogens is 1. The van der Waals surface area contributed by atoms with E-state index in [2.05, 4.69) is 10.3 Å². The second kappa shape index (κ2) is 14.5. The average Bonchev–Trinajstić information content (AvgIpc) is 2.97. The van der Waals surface area contributed by atoms with Crippen molar-refractivity contribution in [3.63, 3.8) is 0 Å². The molecular formula is C35H40N4O4S. The molecule has 0 aliphatic carbocycles. The number of aliphatic hydroxyl groups is 1. The molecule has 9 heteroatoms. The summed E-state index contributed by atoms with van der Waals surface area (Å²) in [6, 6.07) is 26.3. The zero-order chi connectivity index (χ0) is 31.9. The number of nitrogens with zero attached hydrogens (tertiary/aromatic N) is 2. The van der Waals surface area contributed by atoms with Crippen LogP contribution in [0, 0.1) is 0 Å². The molecule has 3 amide bonds. The summed E-state index contributed by atoms with van der Waals surface area (Å²) >= 11 is 1.33. The third kappa shape index (κ3) is 8.67. The highest BCUT2D eigenvalue weighted by Gasteiger charge is 2.37. The fraction of sp³-hybridized carbons (Fsp3) is 0.314. The number of hydrogen-bond donors (Lipinski definition) is 3. The Labute approximate surface area is 263 Å². The zero-order valence-electron chi connectivity index (χ0n) is 25.6. The molecule has 4 N–H and O–H groups in total. The first-order valence-corrected chi connectivity index (χ1v) is 15.6. The largest absolute Gasteiger partial charge is 0.391 e. The van der Waals surface area contributed by atoms with Crippen molar-refractivity contribution in [3.8, 4) is 0 Å². The Bertz CT molecular complexity index is 1610. The van der Waals surface area contributed by atoms with E-state index < -0.39 is 29.6 Å². The van der Waals surface area contributed by atoms with Gasteiger partial charge < -0.3 is 21.1 Å². The smallest absolute Gasteiger partial charge is 0.251 e. The number of aliphatic hydroxyl groups excluding tert-OH is 1. The number of primary amides is 1. The lowest BCUT2D eigenvalue weighted by atomic mass is 9.91. The molecule has 1 aromatic heterocycles. The fourth-order valence-electron chi connectivity index (χ4n) is 5.24. The van der Waals surface area contributed by atoms with Crippen LogP contribution in [0.4, 0.5) is 0 Å². The first-order valence-electron chi connectivity index (χ1n) is 14.6. The van der Waals surface area contributed by atoms with Crippen molar-refractivity contribution in [3.05, 3.63) is 108 Å². The van der Waals surface area contributed by atoms with Crippen LogP contribution in [0.1, 0.15) is 49.2 Å². The summed E-state index contributed by atoms with van der Waals surface area (Å²) in [4.78, 5) is 45.5. The van der Waals surface area contributed by atoms with Crippen LogP contribution in [-0.2, 0) is 22.4 Å². The summed E-state index contributed by atoms with van der Waals surface area (Å²) in [5.74, 6) is -1.16. The van der Waals surface area contributed by atoms with Crippen LogP contribution in [0.25, 0.3) is 10.9 Å². The number of thioether (sulfide) groups is 1. The summed E-state index contributed by atoms with van der Waals surface area (Å²) < 4.78 is 0. The molecule has 0 saturated carbocycles. The van der Waals surface area contributed by atoms with Crippen molar-refractivity contribution in [1.29, 1.82) is 0 Å². The minimum absolute atomic E-state index is 0.0832. The lowest BCUT2D eigenvalue weighted by molar-refractivity contribution is -0.142. The van der Waals surface area contributed by atoms with E-state index in [4.69, 9.17) is 5.73 Å². The number of rotatable bonds is 12. The topological polar surface area (TPSA) is 126 Å². The molecule has 0 spiro atoms. The van der Waals surface area contributed by atoms with Crippen molar-refractivity contribution < 1.29 is 19.5 Å². The number of amides is 3. The van der Waals surface area contributed by atoms with Crippen LogP contribution in [0.5, 0.6) is 0 Å². The normalized spacial score (nSPS) is 13.6. The van der Waals surface area contributed by atoms with Crippen LogP contribution < -0.4 is 11.1 Å².